The quantitative estimate of drug-likeness (QED) is 0.448. The van der Waals surface area contributed by atoms with Gasteiger partial charge in [-0.1, -0.05) is 69.0 Å². The van der Waals surface area contributed by atoms with Crippen LogP contribution in [0.25, 0.3) is 40.4 Å². The van der Waals surface area contributed by atoms with Crippen LogP contribution in [0.2, 0.25) is 0 Å². The smallest absolute Gasteiger partial charge is 0.0547 e. The third kappa shape index (κ3) is 2.06. The molecule has 0 saturated heterocycles. The predicted molar refractivity (Wildman–Crippen MR) is 116 cm³/mol. The van der Waals surface area contributed by atoms with Gasteiger partial charge in [0, 0.05) is 27.1 Å². The molecule has 0 N–H and O–H groups in total. The van der Waals surface area contributed by atoms with E-state index in [1.807, 2.05) is 0 Å². The van der Waals surface area contributed by atoms with Crippen molar-refractivity contribution in [3.8, 4) is 16.8 Å². The lowest BCUT2D eigenvalue weighted by Gasteiger charge is -2.21. The third-order valence-corrected chi connectivity index (χ3v) is 6.10. The first kappa shape index (κ1) is 16.1. The zero-order valence-corrected chi connectivity index (χ0v) is 16.1. The first-order valence-corrected chi connectivity index (χ1v) is 9.53. The van der Waals surface area contributed by atoms with Gasteiger partial charge < -0.3 is 4.57 Å². The number of para-hydroxylation sites is 1. The molecule has 27 heavy (non-hydrogen) atoms. The van der Waals surface area contributed by atoms with Crippen LogP contribution in [-0.2, 0) is 5.41 Å². The number of fused-ring (bicyclic) bond motifs is 4. The Hall–Kier alpha value is -3.06. The molecule has 1 aliphatic carbocycles. The molecule has 0 radical (unpaired) electrons. The van der Waals surface area contributed by atoms with E-state index >= 15 is 0 Å². The Labute approximate surface area is 159 Å². The zero-order chi connectivity index (χ0) is 18.8. The van der Waals surface area contributed by atoms with Crippen molar-refractivity contribution >= 4 is 23.6 Å². The maximum Gasteiger partial charge on any atom is 0.0547 e. The van der Waals surface area contributed by atoms with E-state index < -0.39 is 0 Å². The van der Waals surface area contributed by atoms with Crippen LogP contribution in [0.4, 0.5) is 0 Å². The summed E-state index contributed by atoms with van der Waals surface area (Å²) < 4.78 is 2.34. The van der Waals surface area contributed by atoms with E-state index in [1.54, 1.807) is 0 Å². The second-order valence-corrected chi connectivity index (χ2v) is 7.91. The maximum atomic E-state index is 4.44. The summed E-state index contributed by atoms with van der Waals surface area (Å²) in [6, 6.07) is 24.1. The molecule has 5 rings (SSSR count). The van der Waals surface area contributed by atoms with Crippen LogP contribution in [0.1, 0.15) is 31.9 Å². The Morgan fingerprint density at radius 1 is 0.852 bits per heavy atom. The van der Waals surface area contributed by atoms with E-state index in [1.165, 1.54) is 44.2 Å². The van der Waals surface area contributed by atoms with Crippen LogP contribution >= 0.6 is 0 Å². The molecule has 0 unspecified atom stereocenters. The first-order valence-electron chi connectivity index (χ1n) is 9.53. The standard InChI is InChI=1S/C26H23N/c1-5-24-17(2)20-15-23-21(19-13-9-10-14-22(19)26(23,3)4)16-25(20)27(24)18-11-7-6-8-12-18/h5-16H,2H2,1,3-4H3/b24-5+. The SMILES string of the molecule is C=c1/c(=C\C)n(-c2ccccc2)c2cc3c(cc12)C(C)(C)c1ccccc1-3. The zero-order valence-electron chi connectivity index (χ0n) is 16.1. The highest BCUT2D eigenvalue weighted by Crippen LogP contribution is 2.49. The van der Waals surface area contributed by atoms with E-state index in [4.69, 9.17) is 0 Å². The molecule has 1 aliphatic rings. The minimum atomic E-state index is 0.0114. The number of rotatable bonds is 1. The molecule has 1 heteroatoms. The molecular formula is C26H23N. The van der Waals surface area contributed by atoms with Crippen molar-refractivity contribution < 1.29 is 0 Å². The lowest BCUT2D eigenvalue weighted by atomic mass is 9.82. The van der Waals surface area contributed by atoms with Crippen LogP contribution in [0.15, 0.2) is 66.7 Å². The van der Waals surface area contributed by atoms with Crippen LogP contribution in [-0.4, -0.2) is 4.57 Å². The van der Waals surface area contributed by atoms with Crippen molar-refractivity contribution in [2.24, 2.45) is 0 Å². The lowest BCUT2D eigenvalue weighted by molar-refractivity contribution is 0.661. The van der Waals surface area contributed by atoms with Gasteiger partial charge in [0.25, 0.3) is 0 Å². The van der Waals surface area contributed by atoms with Crippen molar-refractivity contribution in [2.45, 2.75) is 26.2 Å². The van der Waals surface area contributed by atoms with Gasteiger partial charge in [-0.05, 0) is 53.4 Å². The second kappa shape index (κ2) is 5.47. The Balaban J connectivity index is 1.96. The number of hydrogen-bond acceptors (Lipinski definition) is 0. The van der Waals surface area contributed by atoms with Crippen molar-refractivity contribution in [1.82, 2.24) is 4.57 Å². The van der Waals surface area contributed by atoms with E-state index in [0.717, 1.165) is 5.22 Å². The molecule has 3 aromatic carbocycles. The topological polar surface area (TPSA) is 4.93 Å². The maximum absolute atomic E-state index is 4.44. The highest BCUT2D eigenvalue weighted by Gasteiger charge is 2.35. The highest BCUT2D eigenvalue weighted by atomic mass is 15.0. The van der Waals surface area contributed by atoms with Gasteiger partial charge in [-0.2, -0.15) is 0 Å². The summed E-state index contributed by atoms with van der Waals surface area (Å²) in [6.45, 7) is 11.2. The second-order valence-electron chi connectivity index (χ2n) is 7.91. The largest absolute Gasteiger partial charge is 0.310 e. The van der Waals surface area contributed by atoms with Gasteiger partial charge in [0.15, 0.2) is 0 Å². The van der Waals surface area contributed by atoms with Gasteiger partial charge in [0.2, 0.25) is 0 Å². The summed E-state index contributed by atoms with van der Waals surface area (Å²) in [5, 5.41) is 3.52. The minimum absolute atomic E-state index is 0.0114. The van der Waals surface area contributed by atoms with Crippen molar-refractivity contribution in [3.63, 3.8) is 0 Å². The van der Waals surface area contributed by atoms with Gasteiger partial charge in [-0.3, -0.25) is 0 Å². The van der Waals surface area contributed by atoms with E-state index in [-0.39, 0.29) is 5.41 Å². The van der Waals surface area contributed by atoms with Gasteiger partial charge in [-0.15, -0.1) is 0 Å². The van der Waals surface area contributed by atoms with Gasteiger partial charge in [0.1, 0.15) is 0 Å². The molecular weight excluding hydrogens is 326 g/mol. The number of aromatic nitrogens is 1. The van der Waals surface area contributed by atoms with E-state index in [9.17, 15) is 0 Å². The summed E-state index contributed by atoms with van der Waals surface area (Å²) in [4.78, 5) is 0. The molecule has 0 amide bonds. The first-order chi connectivity index (χ1) is 13.0. The molecule has 1 heterocycles. The number of hydrogen-bond donors (Lipinski definition) is 0. The van der Waals surface area contributed by atoms with Crippen LogP contribution < -0.4 is 10.6 Å². The fraction of sp³-hybridized carbons (Fsp3) is 0.154. The average Bonchev–Trinajstić information content (AvgIpc) is 3.10. The minimum Gasteiger partial charge on any atom is -0.310 e. The summed E-state index contributed by atoms with van der Waals surface area (Å²) >= 11 is 0. The molecule has 0 aliphatic heterocycles. The normalized spacial score (nSPS) is 15.1. The molecule has 4 aromatic rings. The molecule has 0 atom stereocenters. The van der Waals surface area contributed by atoms with Gasteiger partial charge in [-0.25, -0.2) is 0 Å². The monoisotopic (exact) mass is 349 g/mol. The van der Waals surface area contributed by atoms with Gasteiger partial charge >= 0.3 is 0 Å². The molecule has 132 valence electrons. The summed E-state index contributed by atoms with van der Waals surface area (Å²) in [5.41, 5.74) is 7.92. The third-order valence-electron chi connectivity index (χ3n) is 6.10. The van der Waals surface area contributed by atoms with Crippen molar-refractivity contribution in [2.75, 3.05) is 0 Å². The highest BCUT2D eigenvalue weighted by molar-refractivity contribution is 5.93. The van der Waals surface area contributed by atoms with E-state index in [2.05, 4.69) is 105 Å². The summed E-state index contributed by atoms with van der Waals surface area (Å²) in [7, 11) is 0. The van der Waals surface area contributed by atoms with E-state index in [0.29, 0.717) is 0 Å². The molecule has 0 fully saturated rings. The predicted octanol–water partition coefficient (Wildman–Crippen LogP) is 5.15. The summed E-state index contributed by atoms with van der Waals surface area (Å²) in [6.07, 6.45) is 2.17. The molecule has 1 nitrogen and oxygen atoms in total. The van der Waals surface area contributed by atoms with Crippen molar-refractivity contribution in [3.05, 3.63) is 88.4 Å². The fourth-order valence-corrected chi connectivity index (χ4v) is 4.72. The lowest BCUT2D eigenvalue weighted by Crippen LogP contribution is -2.26. The van der Waals surface area contributed by atoms with Crippen LogP contribution in [0.5, 0.6) is 0 Å². The fourth-order valence-electron chi connectivity index (χ4n) is 4.72. The number of benzene rings is 3. The number of nitrogens with zero attached hydrogens (tertiary/aromatic N) is 1. The molecule has 0 spiro atoms. The molecule has 0 saturated carbocycles. The average molecular weight is 349 g/mol. The Morgan fingerprint density at radius 2 is 1.56 bits per heavy atom. The van der Waals surface area contributed by atoms with Crippen molar-refractivity contribution in [1.29, 1.82) is 0 Å². The summed E-state index contributed by atoms with van der Waals surface area (Å²) in [5.74, 6) is 0. The molecule has 1 aromatic heterocycles. The Morgan fingerprint density at radius 3 is 2.30 bits per heavy atom. The van der Waals surface area contributed by atoms with Gasteiger partial charge in [0.05, 0.1) is 5.52 Å². The molecule has 0 bridgehead atoms. The van der Waals surface area contributed by atoms with Crippen LogP contribution in [0, 0.1) is 0 Å². The van der Waals surface area contributed by atoms with Crippen LogP contribution in [0.3, 0.4) is 0 Å². The Kier molecular flexibility index (Phi) is 3.27. The Bertz CT molecular complexity index is 1300.